The van der Waals surface area contributed by atoms with Crippen molar-refractivity contribution in [3.63, 3.8) is 0 Å². The first kappa shape index (κ1) is 20.3. The summed E-state index contributed by atoms with van der Waals surface area (Å²) < 4.78 is 10.1. The first-order valence-electron chi connectivity index (χ1n) is 8.04. The molecule has 2 aromatic rings. The van der Waals surface area contributed by atoms with Crippen molar-refractivity contribution in [1.82, 2.24) is 10.6 Å². The monoisotopic (exact) mass is 388 g/mol. The van der Waals surface area contributed by atoms with Gasteiger partial charge in [-0.2, -0.15) is 0 Å². The molecule has 0 unspecified atom stereocenters. The second-order valence-electron chi connectivity index (χ2n) is 5.36. The number of carbonyl (C=O) groups excluding carboxylic acids is 3. The van der Waals surface area contributed by atoms with Crippen molar-refractivity contribution in [2.75, 3.05) is 20.0 Å². The number of hydrogen-bond acceptors (Lipinski definition) is 6. The van der Waals surface area contributed by atoms with Crippen LogP contribution >= 0.6 is 11.8 Å². The molecule has 0 spiro atoms. The third-order valence-electron chi connectivity index (χ3n) is 3.51. The number of ether oxygens (including phenoxy) is 2. The SMILES string of the molecule is COc1cc(SC)ccc1C(=O)OCC(=O)NC(=O)NCc1ccccc1. The van der Waals surface area contributed by atoms with Gasteiger partial charge in [-0.15, -0.1) is 11.8 Å². The van der Waals surface area contributed by atoms with Crippen LogP contribution in [0.25, 0.3) is 0 Å². The molecule has 7 nitrogen and oxygen atoms in total. The van der Waals surface area contributed by atoms with E-state index in [1.54, 1.807) is 18.2 Å². The summed E-state index contributed by atoms with van der Waals surface area (Å²) in [6.45, 7) is -0.302. The molecule has 2 rings (SSSR count). The Morgan fingerprint density at radius 1 is 1.07 bits per heavy atom. The molecule has 0 fully saturated rings. The Morgan fingerprint density at radius 3 is 2.48 bits per heavy atom. The van der Waals surface area contributed by atoms with Gasteiger partial charge in [0.1, 0.15) is 11.3 Å². The molecule has 0 saturated carbocycles. The number of hydrogen-bond donors (Lipinski definition) is 2. The Morgan fingerprint density at radius 2 is 1.81 bits per heavy atom. The van der Waals surface area contributed by atoms with Gasteiger partial charge < -0.3 is 14.8 Å². The van der Waals surface area contributed by atoms with Crippen molar-refractivity contribution in [2.45, 2.75) is 11.4 Å². The fourth-order valence-corrected chi connectivity index (χ4v) is 2.59. The van der Waals surface area contributed by atoms with Crippen LogP contribution < -0.4 is 15.4 Å². The maximum absolute atomic E-state index is 12.1. The lowest BCUT2D eigenvalue weighted by atomic mass is 10.2. The van der Waals surface area contributed by atoms with Crippen LogP contribution in [0.1, 0.15) is 15.9 Å². The van der Waals surface area contributed by atoms with Gasteiger partial charge in [-0.25, -0.2) is 9.59 Å². The molecular weight excluding hydrogens is 368 g/mol. The van der Waals surface area contributed by atoms with E-state index in [-0.39, 0.29) is 12.1 Å². The van der Waals surface area contributed by atoms with Crippen LogP contribution in [0.3, 0.4) is 0 Å². The minimum absolute atomic E-state index is 0.205. The van der Waals surface area contributed by atoms with Crippen LogP contribution in [0.4, 0.5) is 4.79 Å². The Hall–Kier alpha value is -3.00. The number of imide groups is 1. The molecule has 2 N–H and O–H groups in total. The van der Waals surface area contributed by atoms with Gasteiger partial charge in [0, 0.05) is 11.4 Å². The van der Waals surface area contributed by atoms with Crippen molar-refractivity contribution in [3.8, 4) is 5.75 Å². The summed E-state index contributed by atoms with van der Waals surface area (Å²) in [5.74, 6) is -1.08. The number of amides is 3. The van der Waals surface area contributed by atoms with Gasteiger partial charge in [0.2, 0.25) is 0 Å². The average Bonchev–Trinajstić information content (AvgIpc) is 2.70. The molecule has 0 bridgehead atoms. The lowest BCUT2D eigenvalue weighted by molar-refractivity contribution is -0.123. The van der Waals surface area contributed by atoms with Gasteiger partial charge >= 0.3 is 12.0 Å². The Balaban J connectivity index is 1.81. The van der Waals surface area contributed by atoms with E-state index in [1.807, 2.05) is 36.6 Å². The molecule has 3 amide bonds. The maximum atomic E-state index is 12.1. The zero-order valence-corrected chi connectivity index (χ0v) is 15.8. The number of urea groups is 1. The van der Waals surface area contributed by atoms with E-state index in [4.69, 9.17) is 9.47 Å². The van der Waals surface area contributed by atoms with Gasteiger partial charge in [0.25, 0.3) is 5.91 Å². The summed E-state index contributed by atoms with van der Waals surface area (Å²) >= 11 is 1.51. The standard InChI is InChI=1S/C19H20N2O5S/c1-25-16-10-14(27-2)8-9-15(16)18(23)26-12-17(22)21-19(24)20-11-13-6-4-3-5-7-13/h3-10H,11-12H2,1-2H3,(H2,20,21,22,24). The fraction of sp³-hybridized carbons (Fsp3) is 0.211. The maximum Gasteiger partial charge on any atom is 0.342 e. The van der Waals surface area contributed by atoms with E-state index in [2.05, 4.69) is 10.6 Å². The number of methoxy groups -OCH3 is 1. The van der Waals surface area contributed by atoms with Crippen LogP contribution in [-0.4, -0.2) is 37.9 Å². The number of benzene rings is 2. The predicted octanol–water partition coefficient (Wildman–Crippen LogP) is 2.60. The summed E-state index contributed by atoms with van der Waals surface area (Å²) in [6, 6.07) is 13.6. The summed E-state index contributed by atoms with van der Waals surface area (Å²) in [6.07, 6.45) is 1.90. The highest BCUT2D eigenvalue weighted by molar-refractivity contribution is 7.98. The van der Waals surface area contributed by atoms with Gasteiger partial charge in [-0.05, 0) is 30.0 Å². The summed E-state index contributed by atoms with van der Waals surface area (Å²) in [4.78, 5) is 36.5. The second-order valence-corrected chi connectivity index (χ2v) is 6.24. The lowest BCUT2D eigenvalue weighted by Gasteiger charge is -2.10. The van der Waals surface area contributed by atoms with Crippen LogP contribution in [0.15, 0.2) is 53.4 Å². The summed E-state index contributed by atoms with van der Waals surface area (Å²) in [5, 5.41) is 4.65. The van der Waals surface area contributed by atoms with E-state index in [9.17, 15) is 14.4 Å². The largest absolute Gasteiger partial charge is 0.496 e. The van der Waals surface area contributed by atoms with E-state index in [1.165, 1.54) is 18.9 Å². The molecule has 0 heterocycles. The average molecular weight is 388 g/mol. The topological polar surface area (TPSA) is 93.7 Å². The minimum Gasteiger partial charge on any atom is -0.496 e. The predicted molar refractivity (Wildman–Crippen MR) is 102 cm³/mol. The molecule has 0 atom stereocenters. The molecule has 0 aromatic heterocycles. The van der Waals surface area contributed by atoms with Crippen molar-refractivity contribution in [3.05, 3.63) is 59.7 Å². The van der Waals surface area contributed by atoms with Gasteiger partial charge in [0.15, 0.2) is 6.61 Å². The normalized spacial score (nSPS) is 10.0. The smallest absolute Gasteiger partial charge is 0.342 e. The van der Waals surface area contributed by atoms with E-state index < -0.39 is 24.5 Å². The van der Waals surface area contributed by atoms with E-state index in [0.29, 0.717) is 5.75 Å². The van der Waals surface area contributed by atoms with Crippen LogP contribution in [0.2, 0.25) is 0 Å². The molecule has 0 radical (unpaired) electrons. The highest BCUT2D eigenvalue weighted by Gasteiger charge is 2.16. The Kier molecular flexibility index (Phi) is 7.69. The second kappa shape index (κ2) is 10.2. The van der Waals surface area contributed by atoms with E-state index >= 15 is 0 Å². The zero-order valence-electron chi connectivity index (χ0n) is 15.0. The Bertz CT molecular complexity index is 811. The summed E-state index contributed by atoms with van der Waals surface area (Å²) in [7, 11) is 1.44. The molecule has 8 heteroatoms. The first-order valence-corrected chi connectivity index (χ1v) is 9.26. The molecule has 0 saturated heterocycles. The lowest BCUT2D eigenvalue weighted by Crippen LogP contribution is -2.41. The summed E-state index contributed by atoms with van der Waals surface area (Å²) in [5.41, 5.74) is 1.10. The van der Waals surface area contributed by atoms with Crippen molar-refractivity contribution >= 4 is 29.7 Å². The highest BCUT2D eigenvalue weighted by atomic mass is 32.2. The zero-order chi connectivity index (χ0) is 19.6. The highest BCUT2D eigenvalue weighted by Crippen LogP contribution is 2.25. The number of esters is 1. The molecule has 142 valence electrons. The molecule has 0 aliphatic carbocycles. The number of thioether (sulfide) groups is 1. The molecule has 27 heavy (non-hydrogen) atoms. The van der Waals surface area contributed by atoms with Gasteiger partial charge in [0.05, 0.1) is 7.11 Å². The number of rotatable bonds is 7. The van der Waals surface area contributed by atoms with E-state index in [0.717, 1.165) is 10.5 Å². The molecular formula is C19H20N2O5S. The van der Waals surface area contributed by atoms with Crippen LogP contribution in [-0.2, 0) is 16.1 Å². The van der Waals surface area contributed by atoms with Crippen LogP contribution in [0, 0.1) is 0 Å². The van der Waals surface area contributed by atoms with Gasteiger partial charge in [-0.3, -0.25) is 10.1 Å². The molecule has 2 aromatic carbocycles. The number of nitrogens with one attached hydrogen (secondary N) is 2. The van der Waals surface area contributed by atoms with Crippen molar-refractivity contribution in [2.24, 2.45) is 0 Å². The fourth-order valence-electron chi connectivity index (χ4n) is 2.16. The minimum atomic E-state index is -0.728. The number of carbonyl (C=O) groups is 3. The quantitative estimate of drug-likeness (QED) is 0.559. The van der Waals surface area contributed by atoms with Gasteiger partial charge in [-0.1, -0.05) is 30.3 Å². The molecule has 0 aliphatic heterocycles. The van der Waals surface area contributed by atoms with Crippen molar-refractivity contribution < 1.29 is 23.9 Å². The Labute approximate surface area is 161 Å². The van der Waals surface area contributed by atoms with Crippen LogP contribution in [0.5, 0.6) is 5.75 Å². The first-order chi connectivity index (χ1) is 13.0. The molecule has 0 aliphatic rings. The third-order valence-corrected chi connectivity index (χ3v) is 4.24. The third kappa shape index (κ3) is 6.34. The van der Waals surface area contributed by atoms with Crippen molar-refractivity contribution in [1.29, 1.82) is 0 Å².